The quantitative estimate of drug-likeness (QED) is 0.398. The van der Waals surface area contributed by atoms with E-state index in [-0.39, 0.29) is 10.2 Å². The minimum Gasteiger partial charge on any atom is -0.326 e. The van der Waals surface area contributed by atoms with Crippen LogP contribution in [0.1, 0.15) is 17.7 Å². The number of aromatic nitrogens is 1. The molecule has 0 atom stereocenters. The molecule has 1 rings (SSSR count). The average molecular weight is 329 g/mol. The second-order valence-electron chi connectivity index (χ2n) is 2.60. The highest BCUT2D eigenvalue weighted by molar-refractivity contribution is 14.1. The molecule has 0 radical (unpaired) electrons. The van der Waals surface area contributed by atoms with E-state index in [1.807, 2.05) is 0 Å². The Hall–Kier alpha value is -0.900. The van der Waals surface area contributed by atoms with Gasteiger partial charge in [0.1, 0.15) is 3.70 Å². The second-order valence-corrected chi connectivity index (χ2v) is 3.63. The average Bonchev–Trinajstić information content (AvgIpc) is 2.16. The first-order chi connectivity index (χ1) is 6.97. The molecule has 0 aliphatic carbocycles. The van der Waals surface area contributed by atoms with Crippen molar-refractivity contribution in [3.63, 3.8) is 0 Å². The number of pyridine rings is 1. The minimum atomic E-state index is -2.97. The highest BCUT2D eigenvalue weighted by atomic mass is 127. The number of nitrogens with two attached hydrogens (primary N) is 1. The topological polar surface area (TPSA) is 82.0 Å². The van der Waals surface area contributed by atoms with Gasteiger partial charge in [0.25, 0.3) is 12.1 Å². The summed E-state index contributed by atoms with van der Waals surface area (Å²) in [4.78, 5) is 13.1. The van der Waals surface area contributed by atoms with Gasteiger partial charge < -0.3 is 5.73 Å². The summed E-state index contributed by atoms with van der Waals surface area (Å²) in [6, 6.07) is 1.04. The highest BCUT2D eigenvalue weighted by Crippen LogP contribution is 2.29. The van der Waals surface area contributed by atoms with Crippen LogP contribution in [-0.4, -0.2) is 9.91 Å². The van der Waals surface area contributed by atoms with Crippen molar-refractivity contribution >= 4 is 28.3 Å². The van der Waals surface area contributed by atoms with Gasteiger partial charge >= 0.3 is 0 Å². The minimum absolute atomic E-state index is 0.0234. The molecule has 0 saturated heterocycles. The molecule has 8 heteroatoms. The maximum absolute atomic E-state index is 12.4. The van der Waals surface area contributed by atoms with Crippen LogP contribution in [0.3, 0.4) is 0 Å². The van der Waals surface area contributed by atoms with Crippen molar-refractivity contribution in [2.24, 2.45) is 5.73 Å². The Labute approximate surface area is 97.0 Å². The smallest absolute Gasteiger partial charge is 0.297 e. The van der Waals surface area contributed by atoms with Crippen LogP contribution in [0.25, 0.3) is 0 Å². The van der Waals surface area contributed by atoms with Crippen molar-refractivity contribution in [3.05, 3.63) is 31.1 Å². The van der Waals surface area contributed by atoms with Crippen molar-refractivity contribution in [2.75, 3.05) is 0 Å². The fraction of sp³-hybridized carbons (Fsp3) is 0.286. The summed E-state index contributed by atoms with van der Waals surface area (Å²) >= 11 is 1.71. The molecular formula is C7H6F2IN3O2. The zero-order valence-electron chi connectivity index (χ0n) is 7.28. The van der Waals surface area contributed by atoms with Crippen LogP contribution in [0.4, 0.5) is 14.5 Å². The monoisotopic (exact) mass is 329 g/mol. The number of hydrogen-bond acceptors (Lipinski definition) is 4. The van der Waals surface area contributed by atoms with E-state index in [1.165, 1.54) is 0 Å². The molecule has 1 aromatic rings. The molecule has 1 heterocycles. The number of hydrogen-bond donors (Lipinski definition) is 1. The maximum atomic E-state index is 12.4. The Balaban J connectivity index is 3.39. The van der Waals surface area contributed by atoms with Crippen LogP contribution in [0.15, 0.2) is 6.07 Å². The Kier molecular flexibility index (Phi) is 3.85. The molecule has 0 saturated carbocycles. The third-order valence-corrected chi connectivity index (χ3v) is 2.61. The van der Waals surface area contributed by atoms with E-state index in [0.29, 0.717) is 5.56 Å². The summed E-state index contributed by atoms with van der Waals surface area (Å²) in [5, 5.41) is 10.5. The first-order valence-corrected chi connectivity index (χ1v) is 4.87. The summed E-state index contributed by atoms with van der Waals surface area (Å²) in [7, 11) is 0. The number of nitro groups is 1. The van der Waals surface area contributed by atoms with E-state index in [0.717, 1.165) is 6.07 Å². The van der Waals surface area contributed by atoms with E-state index in [1.54, 1.807) is 22.6 Å². The summed E-state index contributed by atoms with van der Waals surface area (Å²) in [6.45, 7) is 0.0234. The highest BCUT2D eigenvalue weighted by Gasteiger charge is 2.25. The van der Waals surface area contributed by atoms with Crippen molar-refractivity contribution in [3.8, 4) is 0 Å². The van der Waals surface area contributed by atoms with Gasteiger partial charge in [0.05, 0.1) is 4.92 Å². The molecule has 0 unspecified atom stereocenters. The predicted molar refractivity (Wildman–Crippen MR) is 56.5 cm³/mol. The third kappa shape index (κ3) is 2.56. The van der Waals surface area contributed by atoms with Crippen LogP contribution in [0.5, 0.6) is 0 Å². The van der Waals surface area contributed by atoms with Gasteiger partial charge in [-0.25, -0.2) is 13.8 Å². The lowest BCUT2D eigenvalue weighted by atomic mass is 10.2. The molecule has 0 spiro atoms. The van der Waals surface area contributed by atoms with E-state index < -0.39 is 22.7 Å². The standard InChI is InChI=1S/C7H6F2IN3O2/c8-6(9)5-4(13(14)15)1-3(2-11)7(10)12-5/h1,6H,2,11H2. The molecule has 0 aliphatic rings. The normalized spacial score (nSPS) is 10.7. The molecule has 0 bridgehead atoms. The lowest BCUT2D eigenvalue weighted by Crippen LogP contribution is -2.07. The summed E-state index contributed by atoms with van der Waals surface area (Å²) < 4.78 is 25.1. The molecule has 1 aromatic heterocycles. The van der Waals surface area contributed by atoms with Crippen molar-refractivity contribution < 1.29 is 13.7 Å². The van der Waals surface area contributed by atoms with Gasteiger partial charge in [0.15, 0.2) is 5.69 Å². The molecule has 0 amide bonds. The zero-order chi connectivity index (χ0) is 11.6. The van der Waals surface area contributed by atoms with Gasteiger partial charge in [-0.3, -0.25) is 10.1 Å². The summed E-state index contributed by atoms with van der Waals surface area (Å²) in [6.07, 6.45) is -2.97. The van der Waals surface area contributed by atoms with Crippen LogP contribution in [0.2, 0.25) is 0 Å². The van der Waals surface area contributed by atoms with Crippen LogP contribution >= 0.6 is 22.6 Å². The first kappa shape index (κ1) is 12.2. The Morgan fingerprint density at radius 1 is 1.67 bits per heavy atom. The van der Waals surface area contributed by atoms with Crippen LogP contribution in [-0.2, 0) is 6.54 Å². The van der Waals surface area contributed by atoms with Gasteiger partial charge in [-0.2, -0.15) is 0 Å². The van der Waals surface area contributed by atoms with Gasteiger partial charge in [-0.05, 0) is 22.6 Å². The SMILES string of the molecule is NCc1cc([N+](=O)[O-])c(C(F)F)nc1I. The van der Waals surface area contributed by atoms with Gasteiger partial charge in [0.2, 0.25) is 0 Å². The molecule has 2 N–H and O–H groups in total. The lowest BCUT2D eigenvalue weighted by Gasteiger charge is -2.05. The van der Waals surface area contributed by atoms with Crippen molar-refractivity contribution in [1.82, 2.24) is 4.98 Å². The molecule has 5 nitrogen and oxygen atoms in total. The lowest BCUT2D eigenvalue weighted by molar-refractivity contribution is -0.386. The molecule has 0 aliphatic heterocycles. The predicted octanol–water partition coefficient (Wildman–Crippen LogP) is 1.99. The van der Waals surface area contributed by atoms with Gasteiger partial charge in [-0.15, -0.1) is 0 Å². The van der Waals surface area contributed by atoms with Crippen molar-refractivity contribution in [1.29, 1.82) is 0 Å². The van der Waals surface area contributed by atoms with E-state index in [2.05, 4.69) is 4.98 Å². The summed E-state index contributed by atoms with van der Waals surface area (Å²) in [5.41, 5.74) is 4.17. The number of nitrogens with zero attached hydrogens (tertiary/aromatic N) is 2. The Morgan fingerprint density at radius 2 is 2.27 bits per heavy atom. The zero-order valence-corrected chi connectivity index (χ0v) is 9.44. The van der Waals surface area contributed by atoms with E-state index >= 15 is 0 Å². The van der Waals surface area contributed by atoms with Gasteiger partial charge in [0, 0.05) is 18.2 Å². The Morgan fingerprint density at radius 3 is 2.67 bits per heavy atom. The van der Waals surface area contributed by atoms with Crippen LogP contribution < -0.4 is 5.73 Å². The number of alkyl halides is 2. The van der Waals surface area contributed by atoms with Crippen LogP contribution in [0, 0.1) is 13.8 Å². The fourth-order valence-corrected chi connectivity index (χ4v) is 1.62. The Bertz CT molecular complexity index is 400. The molecule has 82 valence electrons. The molecule has 0 aromatic carbocycles. The first-order valence-electron chi connectivity index (χ1n) is 3.79. The van der Waals surface area contributed by atoms with E-state index in [4.69, 9.17) is 5.73 Å². The third-order valence-electron chi connectivity index (χ3n) is 1.68. The number of rotatable bonds is 3. The largest absolute Gasteiger partial charge is 0.326 e. The van der Waals surface area contributed by atoms with E-state index in [9.17, 15) is 18.9 Å². The summed E-state index contributed by atoms with van der Waals surface area (Å²) in [5.74, 6) is 0. The molecular weight excluding hydrogens is 323 g/mol. The molecule has 15 heavy (non-hydrogen) atoms. The fourth-order valence-electron chi connectivity index (χ4n) is 0.983. The second kappa shape index (κ2) is 4.75. The number of halogens is 3. The molecule has 0 fully saturated rings. The maximum Gasteiger partial charge on any atom is 0.297 e. The van der Waals surface area contributed by atoms with Gasteiger partial charge in [-0.1, -0.05) is 0 Å². The van der Waals surface area contributed by atoms with Crippen molar-refractivity contribution in [2.45, 2.75) is 13.0 Å².